The highest BCUT2D eigenvalue weighted by molar-refractivity contribution is 6.37. The molecule has 5 heteroatoms. The zero-order chi connectivity index (χ0) is 14.5. The Morgan fingerprint density at radius 1 is 1.20 bits per heavy atom. The fraction of sp³-hybridized carbons (Fsp3) is 0.400. The molecule has 3 nitrogen and oxygen atoms in total. The smallest absolute Gasteiger partial charge is 0.244 e. The van der Waals surface area contributed by atoms with Gasteiger partial charge in [0.25, 0.3) is 0 Å². The van der Waals surface area contributed by atoms with Gasteiger partial charge in [0.05, 0.1) is 6.10 Å². The number of halogens is 2. The summed E-state index contributed by atoms with van der Waals surface area (Å²) in [6, 6.07) is 5.36. The van der Waals surface area contributed by atoms with Crippen LogP contribution in [0.15, 0.2) is 24.3 Å². The van der Waals surface area contributed by atoms with E-state index in [4.69, 9.17) is 23.2 Å². The molecule has 0 saturated heterocycles. The summed E-state index contributed by atoms with van der Waals surface area (Å²) >= 11 is 12.1. The summed E-state index contributed by atoms with van der Waals surface area (Å²) in [7, 11) is 0. The minimum atomic E-state index is -0.222. The number of hydrogen-bond donors (Lipinski definition) is 2. The van der Waals surface area contributed by atoms with E-state index >= 15 is 0 Å². The van der Waals surface area contributed by atoms with Gasteiger partial charge >= 0.3 is 0 Å². The number of aliphatic hydroxyl groups is 1. The molecule has 2 rings (SSSR count). The third-order valence-corrected chi connectivity index (χ3v) is 4.10. The minimum absolute atomic E-state index is 0.136. The molecule has 0 spiro atoms. The lowest BCUT2D eigenvalue weighted by Crippen LogP contribution is -2.37. The fourth-order valence-corrected chi connectivity index (χ4v) is 2.82. The number of aliphatic hydroxyl groups excluding tert-OH is 1. The van der Waals surface area contributed by atoms with Gasteiger partial charge in [-0.05, 0) is 43.9 Å². The van der Waals surface area contributed by atoms with Crippen molar-refractivity contribution in [2.24, 2.45) is 0 Å². The average molecular weight is 314 g/mol. The minimum Gasteiger partial charge on any atom is -0.393 e. The molecule has 0 unspecified atom stereocenters. The Balaban J connectivity index is 1.92. The monoisotopic (exact) mass is 313 g/mol. The number of amides is 1. The summed E-state index contributed by atoms with van der Waals surface area (Å²) in [4.78, 5) is 11.8. The van der Waals surface area contributed by atoms with Gasteiger partial charge in [0.15, 0.2) is 0 Å². The van der Waals surface area contributed by atoms with Crippen LogP contribution in [0.25, 0.3) is 6.08 Å². The van der Waals surface area contributed by atoms with E-state index in [0.717, 1.165) is 25.7 Å². The van der Waals surface area contributed by atoms with E-state index in [1.807, 2.05) is 0 Å². The lowest BCUT2D eigenvalue weighted by Gasteiger charge is -2.25. The highest BCUT2D eigenvalue weighted by atomic mass is 35.5. The highest BCUT2D eigenvalue weighted by Crippen LogP contribution is 2.25. The van der Waals surface area contributed by atoms with Gasteiger partial charge in [0.2, 0.25) is 5.91 Å². The summed E-state index contributed by atoms with van der Waals surface area (Å²) in [5, 5.41) is 13.4. The van der Waals surface area contributed by atoms with Gasteiger partial charge in [-0.2, -0.15) is 0 Å². The van der Waals surface area contributed by atoms with Crippen LogP contribution in [0.2, 0.25) is 10.0 Å². The van der Waals surface area contributed by atoms with E-state index in [2.05, 4.69) is 5.32 Å². The van der Waals surface area contributed by atoms with E-state index in [0.29, 0.717) is 15.6 Å². The first-order chi connectivity index (χ1) is 9.56. The number of benzene rings is 1. The fourth-order valence-electron chi connectivity index (χ4n) is 2.30. The quantitative estimate of drug-likeness (QED) is 0.840. The van der Waals surface area contributed by atoms with Crippen molar-refractivity contribution in [3.63, 3.8) is 0 Å². The number of carbonyl (C=O) groups is 1. The Hall–Kier alpha value is -1.03. The molecule has 0 bridgehead atoms. The van der Waals surface area contributed by atoms with E-state index in [1.165, 1.54) is 6.08 Å². The Kier molecular flexibility index (Phi) is 5.46. The van der Waals surface area contributed by atoms with E-state index in [-0.39, 0.29) is 18.1 Å². The maximum Gasteiger partial charge on any atom is 0.244 e. The largest absolute Gasteiger partial charge is 0.393 e. The zero-order valence-corrected chi connectivity index (χ0v) is 12.5. The van der Waals surface area contributed by atoms with Crippen LogP contribution in [0.4, 0.5) is 0 Å². The van der Waals surface area contributed by atoms with Crippen LogP contribution in [-0.4, -0.2) is 23.2 Å². The summed E-state index contributed by atoms with van der Waals surface area (Å²) in [5.74, 6) is -0.164. The van der Waals surface area contributed by atoms with Gasteiger partial charge in [0.1, 0.15) is 0 Å². The molecule has 0 heterocycles. The van der Waals surface area contributed by atoms with E-state index < -0.39 is 0 Å². The number of nitrogens with one attached hydrogen (secondary N) is 1. The molecule has 1 aliphatic carbocycles. The molecule has 1 saturated carbocycles. The Bertz CT molecular complexity index is 488. The van der Waals surface area contributed by atoms with Gasteiger partial charge in [0, 0.05) is 27.7 Å². The molecule has 0 atom stereocenters. The molecule has 0 aromatic heterocycles. The van der Waals surface area contributed by atoms with Gasteiger partial charge in [-0.3, -0.25) is 4.79 Å². The first kappa shape index (κ1) is 15.4. The van der Waals surface area contributed by atoms with Crippen molar-refractivity contribution in [2.45, 2.75) is 37.8 Å². The van der Waals surface area contributed by atoms with Crippen molar-refractivity contribution in [3.8, 4) is 0 Å². The molecule has 0 radical (unpaired) electrons. The molecule has 1 aromatic rings. The van der Waals surface area contributed by atoms with Crippen LogP contribution in [0.1, 0.15) is 31.2 Å². The van der Waals surface area contributed by atoms with Gasteiger partial charge in [-0.15, -0.1) is 0 Å². The van der Waals surface area contributed by atoms with Crippen molar-refractivity contribution >= 4 is 35.2 Å². The normalized spacial score (nSPS) is 22.9. The Morgan fingerprint density at radius 2 is 1.80 bits per heavy atom. The molecular formula is C15H17Cl2NO2. The van der Waals surface area contributed by atoms with Crippen molar-refractivity contribution in [3.05, 3.63) is 39.9 Å². The lowest BCUT2D eigenvalue weighted by atomic mass is 9.93. The topological polar surface area (TPSA) is 49.3 Å². The first-order valence-corrected chi connectivity index (χ1v) is 7.42. The number of rotatable bonds is 3. The molecule has 0 aliphatic heterocycles. The van der Waals surface area contributed by atoms with Crippen LogP contribution >= 0.6 is 23.2 Å². The number of carbonyl (C=O) groups excluding carboxylic acids is 1. The van der Waals surface area contributed by atoms with Gasteiger partial charge < -0.3 is 10.4 Å². The second kappa shape index (κ2) is 7.11. The zero-order valence-electron chi connectivity index (χ0n) is 11.0. The van der Waals surface area contributed by atoms with Crippen LogP contribution in [0.5, 0.6) is 0 Å². The van der Waals surface area contributed by atoms with Crippen LogP contribution < -0.4 is 5.32 Å². The molecule has 1 aromatic carbocycles. The lowest BCUT2D eigenvalue weighted by molar-refractivity contribution is -0.117. The molecular weight excluding hydrogens is 297 g/mol. The third kappa shape index (κ3) is 4.23. The summed E-state index contributed by atoms with van der Waals surface area (Å²) in [6.45, 7) is 0. The molecule has 1 amide bonds. The molecule has 108 valence electrons. The molecule has 1 aliphatic rings. The van der Waals surface area contributed by atoms with Crippen LogP contribution in [0.3, 0.4) is 0 Å². The third-order valence-electron chi connectivity index (χ3n) is 3.44. The molecule has 1 fully saturated rings. The van der Waals surface area contributed by atoms with Crippen LogP contribution in [-0.2, 0) is 4.79 Å². The van der Waals surface area contributed by atoms with Crippen molar-refractivity contribution in [2.75, 3.05) is 0 Å². The summed E-state index contributed by atoms with van der Waals surface area (Å²) in [5.41, 5.74) is 0.644. The van der Waals surface area contributed by atoms with E-state index in [1.54, 1.807) is 24.3 Å². The second-order valence-corrected chi connectivity index (χ2v) is 5.80. The number of hydrogen-bond acceptors (Lipinski definition) is 2. The van der Waals surface area contributed by atoms with E-state index in [9.17, 15) is 9.90 Å². The molecule has 2 N–H and O–H groups in total. The standard InChI is InChI=1S/C15H17Cl2NO2/c16-13-2-1-3-14(17)12(13)8-9-15(20)18-10-4-6-11(19)7-5-10/h1-3,8-11,19H,4-7H2,(H,18,20). The van der Waals surface area contributed by atoms with Crippen molar-refractivity contribution in [1.82, 2.24) is 5.32 Å². The second-order valence-electron chi connectivity index (χ2n) is 4.98. The van der Waals surface area contributed by atoms with Crippen molar-refractivity contribution < 1.29 is 9.90 Å². The highest BCUT2D eigenvalue weighted by Gasteiger charge is 2.19. The van der Waals surface area contributed by atoms with Gasteiger partial charge in [-0.25, -0.2) is 0 Å². The predicted molar refractivity (Wildman–Crippen MR) is 81.9 cm³/mol. The average Bonchev–Trinajstić information content (AvgIpc) is 2.41. The maximum absolute atomic E-state index is 11.8. The summed E-state index contributed by atoms with van der Waals surface area (Å²) < 4.78 is 0. The first-order valence-electron chi connectivity index (χ1n) is 6.67. The molecule has 20 heavy (non-hydrogen) atoms. The predicted octanol–water partition coefficient (Wildman–Crippen LogP) is 3.43. The van der Waals surface area contributed by atoms with Crippen LogP contribution in [0, 0.1) is 0 Å². The summed E-state index contributed by atoms with van der Waals surface area (Å²) in [6.07, 6.45) is 5.95. The maximum atomic E-state index is 11.8. The van der Waals surface area contributed by atoms with Crippen molar-refractivity contribution in [1.29, 1.82) is 0 Å². The Labute approximate surface area is 128 Å². The Morgan fingerprint density at radius 3 is 2.40 bits per heavy atom. The van der Waals surface area contributed by atoms with Gasteiger partial charge in [-0.1, -0.05) is 29.3 Å². The SMILES string of the molecule is O=C(C=Cc1c(Cl)cccc1Cl)NC1CCC(O)CC1.